The maximum absolute atomic E-state index is 12.8. The topological polar surface area (TPSA) is 57.5 Å². The molecular weight excluding hydrogens is 408 g/mol. The highest BCUT2D eigenvalue weighted by atomic mass is 16.4. The van der Waals surface area contributed by atoms with Gasteiger partial charge in [-0.3, -0.25) is 4.79 Å². The molecule has 0 spiro atoms. The number of carboxylic acids is 1. The third kappa shape index (κ3) is 2.87. The van der Waals surface area contributed by atoms with Crippen molar-refractivity contribution in [1.82, 2.24) is 0 Å². The van der Waals surface area contributed by atoms with Gasteiger partial charge in [0.15, 0.2) is 0 Å². The molecule has 3 heteroatoms. The van der Waals surface area contributed by atoms with Crippen molar-refractivity contribution in [1.29, 1.82) is 0 Å². The molecule has 0 aliphatic heterocycles. The van der Waals surface area contributed by atoms with E-state index in [9.17, 15) is 15.0 Å². The number of aliphatic hydroxyl groups excluding tert-OH is 1. The second-order valence-corrected chi connectivity index (χ2v) is 15.1. The van der Waals surface area contributed by atoms with Crippen molar-refractivity contribution >= 4 is 5.97 Å². The van der Waals surface area contributed by atoms with E-state index >= 15 is 0 Å². The van der Waals surface area contributed by atoms with Crippen molar-refractivity contribution in [3.63, 3.8) is 0 Å². The van der Waals surface area contributed by atoms with Crippen molar-refractivity contribution in [3.05, 3.63) is 11.6 Å². The van der Waals surface area contributed by atoms with Gasteiger partial charge in [0.2, 0.25) is 0 Å². The summed E-state index contributed by atoms with van der Waals surface area (Å²) in [6.45, 7) is 16.9. The summed E-state index contributed by atoms with van der Waals surface area (Å²) < 4.78 is 0. The number of carbonyl (C=O) groups is 1. The molecule has 4 fully saturated rings. The highest BCUT2D eigenvalue weighted by Crippen LogP contribution is 2.75. The minimum Gasteiger partial charge on any atom is -0.481 e. The van der Waals surface area contributed by atoms with Crippen molar-refractivity contribution in [2.24, 2.45) is 50.2 Å². The van der Waals surface area contributed by atoms with E-state index in [1.54, 1.807) is 0 Å². The van der Waals surface area contributed by atoms with E-state index in [0.29, 0.717) is 11.8 Å². The summed E-state index contributed by atoms with van der Waals surface area (Å²) >= 11 is 0. The quantitative estimate of drug-likeness (QED) is 0.409. The summed E-state index contributed by atoms with van der Waals surface area (Å²) in [6.07, 6.45) is 12.6. The van der Waals surface area contributed by atoms with Crippen LogP contribution in [-0.4, -0.2) is 22.3 Å². The van der Waals surface area contributed by atoms with Crippen LogP contribution in [0, 0.1) is 50.2 Å². The first-order valence-corrected chi connectivity index (χ1v) is 13.8. The summed E-state index contributed by atoms with van der Waals surface area (Å²) in [5.41, 5.74) is 1.68. The average Bonchev–Trinajstić information content (AvgIpc) is 2.71. The van der Waals surface area contributed by atoms with E-state index in [2.05, 4.69) is 54.5 Å². The lowest BCUT2D eigenvalue weighted by atomic mass is 9.33. The fourth-order valence-electron chi connectivity index (χ4n) is 10.6. The molecule has 5 aliphatic carbocycles. The van der Waals surface area contributed by atoms with Crippen LogP contribution < -0.4 is 0 Å². The van der Waals surface area contributed by atoms with Crippen LogP contribution in [0.4, 0.5) is 0 Å². The van der Waals surface area contributed by atoms with Gasteiger partial charge in [0.1, 0.15) is 0 Å². The molecule has 3 nitrogen and oxygen atoms in total. The lowest BCUT2D eigenvalue weighted by molar-refractivity contribution is -0.205. The summed E-state index contributed by atoms with van der Waals surface area (Å²) in [6, 6.07) is 0. The van der Waals surface area contributed by atoms with Gasteiger partial charge in [-0.1, -0.05) is 60.1 Å². The molecule has 0 radical (unpaired) electrons. The molecule has 0 aromatic carbocycles. The van der Waals surface area contributed by atoms with Crippen molar-refractivity contribution in [2.45, 2.75) is 119 Å². The first-order valence-electron chi connectivity index (χ1n) is 13.8. The molecule has 0 aromatic rings. The number of rotatable bonds is 1. The maximum atomic E-state index is 12.8. The minimum atomic E-state index is -0.553. The van der Waals surface area contributed by atoms with Gasteiger partial charge in [-0.15, -0.1) is 0 Å². The van der Waals surface area contributed by atoms with Crippen molar-refractivity contribution in [3.8, 4) is 0 Å². The molecule has 0 amide bonds. The van der Waals surface area contributed by atoms with E-state index in [0.717, 1.165) is 51.4 Å². The van der Waals surface area contributed by atoms with E-state index in [1.807, 2.05) is 0 Å². The smallest absolute Gasteiger partial charge is 0.310 e. The summed E-state index contributed by atoms with van der Waals surface area (Å²) in [7, 11) is 0. The number of fused-ring (bicyclic) bond motifs is 7. The molecule has 5 rings (SSSR count). The summed E-state index contributed by atoms with van der Waals surface area (Å²) in [5, 5.41) is 21.4. The van der Waals surface area contributed by atoms with Crippen LogP contribution in [0.25, 0.3) is 0 Å². The highest BCUT2D eigenvalue weighted by Gasteiger charge is 2.69. The van der Waals surface area contributed by atoms with Crippen LogP contribution >= 0.6 is 0 Å². The van der Waals surface area contributed by atoms with E-state index in [4.69, 9.17) is 0 Å². The monoisotopic (exact) mass is 456 g/mol. The van der Waals surface area contributed by atoms with Crippen LogP contribution in [0.1, 0.15) is 113 Å². The fraction of sp³-hybridized carbons (Fsp3) is 0.900. The van der Waals surface area contributed by atoms with Crippen LogP contribution in [0.3, 0.4) is 0 Å². The zero-order valence-electron chi connectivity index (χ0n) is 22.3. The third-order valence-corrected chi connectivity index (χ3v) is 13.0. The lowest BCUT2D eigenvalue weighted by Crippen LogP contribution is -2.65. The van der Waals surface area contributed by atoms with Crippen LogP contribution in [-0.2, 0) is 4.79 Å². The predicted octanol–water partition coefficient (Wildman–Crippen LogP) is 7.23. The second kappa shape index (κ2) is 6.89. The number of aliphatic hydroxyl groups is 1. The van der Waals surface area contributed by atoms with Gasteiger partial charge in [-0.05, 0) is 109 Å². The zero-order chi connectivity index (χ0) is 24.2. The minimum absolute atomic E-state index is 0.0301. The third-order valence-electron chi connectivity index (χ3n) is 13.0. The number of aliphatic carboxylic acids is 1. The molecule has 0 heterocycles. The molecule has 5 aliphatic rings. The number of allylic oxidation sites excluding steroid dienone is 2. The molecule has 0 unspecified atom stereocenters. The number of hydrogen-bond donors (Lipinski definition) is 2. The van der Waals surface area contributed by atoms with Crippen LogP contribution in [0.5, 0.6) is 0 Å². The van der Waals surface area contributed by atoms with E-state index in [-0.39, 0.29) is 39.1 Å². The van der Waals surface area contributed by atoms with E-state index < -0.39 is 11.4 Å². The normalized spacial score (nSPS) is 52.4. The molecule has 33 heavy (non-hydrogen) atoms. The molecule has 0 bridgehead atoms. The standard InChI is InChI=1S/C30H48O3/c1-25(2)14-16-30(24(32)33)17-15-28(6)19(20(30)18-25)8-9-22-27(5)12-11-23(31)26(3,4)21(27)10-13-29(22,28)7/h8,20-23,31H,9-18H2,1-7H3,(H,32,33)/t20-,21-,22-,23+,27+,28-,29-,30+/m1/s1. The molecule has 2 N–H and O–H groups in total. The Balaban J connectivity index is 1.60. The van der Waals surface area contributed by atoms with Gasteiger partial charge in [0, 0.05) is 0 Å². The fourth-order valence-corrected chi connectivity index (χ4v) is 10.6. The van der Waals surface area contributed by atoms with Gasteiger partial charge in [0.25, 0.3) is 0 Å². The Morgan fingerprint density at radius 3 is 2.21 bits per heavy atom. The SMILES string of the molecule is CC1(C)CC[C@]2(C(=O)O)CC[C@]3(C)C(=CC[C@@H]4[C@@]5(C)CC[C@H](O)C(C)(C)[C@H]5CC[C@]43C)[C@H]2C1. The first kappa shape index (κ1) is 23.9. The van der Waals surface area contributed by atoms with Crippen molar-refractivity contribution in [2.75, 3.05) is 0 Å². The number of carboxylic acid groups (broad SMARTS) is 1. The molecule has 0 aromatic heterocycles. The van der Waals surface area contributed by atoms with Gasteiger partial charge in [0.05, 0.1) is 11.5 Å². The van der Waals surface area contributed by atoms with Gasteiger partial charge in [-0.25, -0.2) is 0 Å². The Bertz CT molecular complexity index is 885. The van der Waals surface area contributed by atoms with Gasteiger partial charge < -0.3 is 10.2 Å². The van der Waals surface area contributed by atoms with Crippen LogP contribution in [0.15, 0.2) is 11.6 Å². The molecule has 0 saturated heterocycles. The van der Waals surface area contributed by atoms with Gasteiger partial charge >= 0.3 is 5.97 Å². The van der Waals surface area contributed by atoms with E-state index in [1.165, 1.54) is 18.4 Å². The number of hydrogen-bond acceptors (Lipinski definition) is 2. The molecule has 186 valence electrons. The Labute approximate surface area is 201 Å². The predicted molar refractivity (Wildman–Crippen MR) is 133 cm³/mol. The Kier molecular flexibility index (Phi) is 4.99. The van der Waals surface area contributed by atoms with Crippen molar-refractivity contribution < 1.29 is 15.0 Å². The molecular formula is C30H48O3. The summed E-state index contributed by atoms with van der Waals surface area (Å²) in [5.74, 6) is 0.807. The highest BCUT2D eigenvalue weighted by molar-refractivity contribution is 5.76. The molecule has 4 saturated carbocycles. The maximum Gasteiger partial charge on any atom is 0.310 e. The largest absolute Gasteiger partial charge is 0.481 e. The molecule has 8 atom stereocenters. The Hall–Kier alpha value is -0.830. The average molecular weight is 457 g/mol. The summed E-state index contributed by atoms with van der Waals surface area (Å²) in [4.78, 5) is 12.8. The van der Waals surface area contributed by atoms with Crippen LogP contribution in [0.2, 0.25) is 0 Å². The Morgan fingerprint density at radius 2 is 1.55 bits per heavy atom. The Morgan fingerprint density at radius 1 is 0.879 bits per heavy atom. The lowest BCUT2D eigenvalue weighted by Gasteiger charge is -2.71. The second-order valence-electron chi connectivity index (χ2n) is 15.1. The zero-order valence-corrected chi connectivity index (χ0v) is 22.3. The first-order chi connectivity index (χ1) is 15.1. The van der Waals surface area contributed by atoms with Gasteiger partial charge in [-0.2, -0.15) is 0 Å².